The molecule has 2 rings (SSSR count). The third-order valence-electron chi connectivity index (χ3n) is 4.04. The fourth-order valence-electron chi connectivity index (χ4n) is 2.77. The number of aryl methyl sites for hydroxylation is 1. The number of hydrogen-bond donors (Lipinski definition) is 1. The average Bonchev–Trinajstić information content (AvgIpc) is 3.02. The Labute approximate surface area is 130 Å². The van der Waals surface area contributed by atoms with Crippen molar-refractivity contribution in [1.82, 2.24) is 4.90 Å². The van der Waals surface area contributed by atoms with Crippen molar-refractivity contribution in [2.24, 2.45) is 11.7 Å². The highest BCUT2D eigenvalue weighted by atomic mass is 16.5. The Balaban J connectivity index is 1.96. The number of nitrogens with two attached hydrogens (primary N) is 1. The van der Waals surface area contributed by atoms with E-state index in [2.05, 4.69) is 0 Å². The second-order valence-corrected chi connectivity index (χ2v) is 5.38. The number of primary amides is 1. The molecule has 1 aromatic carbocycles. The second kappa shape index (κ2) is 7.15. The molecule has 2 amide bonds. The summed E-state index contributed by atoms with van der Waals surface area (Å²) in [5.41, 5.74) is 6.22. The molecule has 1 aromatic rings. The smallest absolute Gasteiger partial charge is 0.222 e. The molecule has 0 saturated carbocycles. The topological polar surface area (TPSA) is 81.9 Å². The van der Waals surface area contributed by atoms with Crippen LogP contribution in [0.5, 0.6) is 11.5 Å². The van der Waals surface area contributed by atoms with Gasteiger partial charge in [0, 0.05) is 19.5 Å². The molecular formula is C16H22N2O4. The Morgan fingerprint density at radius 2 is 2.09 bits per heavy atom. The molecule has 0 spiro atoms. The molecule has 1 fully saturated rings. The van der Waals surface area contributed by atoms with Crippen molar-refractivity contribution in [3.05, 3.63) is 23.8 Å². The molecule has 1 atom stereocenters. The van der Waals surface area contributed by atoms with Crippen LogP contribution < -0.4 is 15.2 Å². The van der Waals surface area contributed by atoms with E-state index in [1.54, 1.807) is 19.1 Å². The predicted octanol–water partition coefficient (Wildman–Crippen LogP) is 0.970. The summed E-state index contributed by atoms with van der Waals surface area (Å²) in [5.74, 6) is 0.811. The molecule has 6 nitrogen and oxygen atoms in total. The van der Waals surface area contributed by atoms with Gasteiger partial charge in [0.1, 0.15) is 0 Å². The van der Waals surface area contributed by atoms with E-state index < -0.39 is 0 Å². The number of benzene rings is 1. The molecule has 6 heteroatoms. The van der Waals surface area contributed by atoms with E-state index in [1.807, 2.05) is 18.2 Å². The minimum Gasteiger partial charge on any atom is -0.493 e. The lowest BCUT2D eigenvalue weighted by Crippen LogP contribution is -2.31. The Bertz CT molecular complexity index is 559. The molecule has 1 heterocycles. The van der Waals surface area contributed by atoms with Gasteiger partial charge in [-0.1, -0.05) is 12.1 Å². The number of likely N-dealkylation sites (tertiary alicyclic amines) is 1. The number of rotatable bonds is 6. The monoisotopic (exact) mass is 306 g/mol. The highest BCUT2D eigenvalue weighted by Crippen LogP contribution is 2.31. The zero-order chi connectivity index (χ0) is 16.1. The Kier molecular flexibility index (Phi) is 5.25. The Hall–Kier alpha value is -2.24. The number of ether oxygens (including phenoxy) is 2. The van der Waals surface area contributed by atoms with Gasteiger partial charge >= 0.3 is 0 Å². The first-order valence-corrected chi connectivity index (χ1v) is 7.33. The fourth-order valence-corrected chi connectivity index (χ4v) is 2.77. The van der Waals surface area contributed by atoms with Gasteiger partial charge in [-0.2, -0.15) is 0 Å². The second-order valence-electron chi connectivity index (χ2n) is 5.38. The summed E-state index contributed by atoms with van der Waals surface area (Å²) in [6.45, 7) is 1.03. The number of methoxy groups -OCH3 is 2. The molecule has 0 radical (unpaired) electrons. The van der Waals surface area contributed by atoms with Gasteiger partial charge in [0.25, 0.3) is 0 Å². The van der Waals surface area contributed by atoms with E-state index in [0.717, 1.165) is 5.56 Å². The molecule has 1 aliphatic heterocycles. The Morgan fingerprint density at radius 1 is 1.32 bits per heavy atom. The van der Waals surface area contributed by atoms with E-state index >= 15 is 0 Å². The molecule has 0 aliphatic carbocycles. The molecule has 1 aliphatic rings. The van der Waals surface area contributed by atoms with Crippen LogP contribution in [0.2, 0.25) is 0 Å². The first kappa shape index (κ1) is 16.1. The number of hydrogen-bond acceptors (Lipinski definition) is 4. The summed E-state index contributed by atoms with van der Waals surface area (Å²) in [5, 5.41) is 0. The van der Waals surface area contributed by atoms with Crippen LogP contribution in [-0.4, -0.2) is 44.0 Å². The quantitative estimate of drug-likeness (QED) is 0.849. The van der Waals surface area contributed by atoms with Crippen molar-refractivity contribution in [3.63, 3.8) is 0 Å². The van der Waals surface area contributed by atoms with Gasteiger partial charge in [-0.05, 0) is 24.5 Å². The zero-order valence-electron chi connectivity index (χ0n) is 13.0. The predicted molar refractivity (Wildman–Crippen MR) is 81.7 cm³/mol. The van der Waals surface area contributed by atoms with Crippen molar-refractivity contribution >= 4 is 11.8 Å². The van der Waals surface area contributed by atoms with E-state index in [-0.39, 0.29) is 17.7 Å². The largest absolute Gasteiger partial charge is 0.493 e. The molecule has 22 heavy (non-hydrogen) atoms. The minimum absolute atomic E-state index is 0.0358. The van der Waals surface area contributed by atoms with Crippen LogP contribution in [0.25, 0.3) is 0 Å². The van der Waals surface area contributed by atoms with Gasteiger partial charge < -0.3 is 20.1 Å². The lowest BCUT2D eigenvalue weighted by molar-refractivity contribution is -0.130. The van der Waals surface area contributed by atoms with E-state index in [1.165, 1.54) is 0 Å². The lowest BCUT2D eigenvalue weighted by Gasteiger charge is -2.17. The molecule has 1 saturated heterocycles. The van der Waals surface area contributed by atoms with Crippen molar-refractivity contribution in [3.8, 4) is 11.5 Å². The third-order valence-corrected chi connectivity index (χ3v) is 4.04. The highest BCUT2D eigenvalue weighted by molar-refractivity contribution is 5.81. The van der Waals surface area contributed by atoms with Crippen molar-refractivity contribution in [2.45, 2.75) is 19.3 Å². The lowest BCUT2D eigenvalue weighted by atomic mass is 10.1. The van der Waals surface area contributed by atoms with E-state index in [4.69, 9.17) is 15.2 Å². The maximum absolute atomic E-state index is 12.2. The van der Waals surface area contributed by atoms with Crippen LogP contribution in [0.4, 0.5) is 0 Å². The van der Waals surface area contributed by atoms with Gasteiger partial charge in [-0.25, -0.2) is 0 Å². The van der Waals surface area contributed by atoms with Gasteiger partial charge in [0.2, 0.25) is 11.8 Å². The summed E-state index contributed by atoms with van der Waals surface area (Å²) in [6, 6.07) is 5.62. The van der Waals surface area contributed by atoms with Crippen LogP contribution in [0.15, 0.2) is 18.2 Å². The molecule has 0 aromatic heterocycles. The first-order valence-electron chi connectivity index (χ1n) is 7.33. The molecular weight excluding hydrogens is 284 g/mol. The zero-order valence-corrected chi connectivity index (χ0v) is 13.0. The maximum Gasteiger partial charge on any atom is 0.222 e. The minimum atomic E-state index is -0.329. The number of carbonyl (C=O) groups is 2. The molecule has 1 unspecified atom stereocenters. The van der Waals surface area contributed by atoms with Crippen molar-refractivity contribution in [2.75, 3.05) is 27.3 Å². The summed E-state index contributed by atoms with van der Waals surface area (Å²) < 4.78 is 10.6. The number of nitrogens with zero attached hydrogens (tertiary/aromatic N) is 1. The van der Waals surface area contributed by atoms with Crippen LogP contribution >= 0.6 is 0 Å². The summed E-state index contributed by atoms with van der Waals surface area (Å²) in [4.78, 5) is 25.1. The maximum atomic E-state index is 12.2. The number of carbonyl (C=O) groups excluding carboxylic acids is 2. The average molecular weight is 306 g/mol. The van der Waals surface area contributed by atoms with Crippen molar-refractivity contribution < 1.29 is 19.1 Å². The van der Waals surface area contributed by atoms with Crippen molar-refractivity contribution in [1.29, 1.82) is 0 Å². The standard InChI is InChI=1S/C16H22N2O4/c1-21-13-5-3-4-11(15(13)22-2)6-7-14(19)18-9-8-12(10-18)16(17)20/h3-5,12H,6-10H2,1-2H3,(H2,17,20). The van der Waals surface area contributed by atoms with E-state index in [9.17, 15) is 9.59 Å². The van der Waals surface area contributed by atoms with E-state index in [0.29, 0.717) is 43.9 Å². The fraction of sp³-hybridized carbons (Fsp3) is 0.500. The molecule has 120 valence electrons. The molecule has 0 bridgehead atoms. The first-order chi connectivity index (χ1) is 10.6. The summed E-state index contributed by atoms with van der Waals surface area (Å²) in [6.07, 6.45) is 1.59. The third kappa shape index (κ3) is 3.50. The Morgan fingerprint density at radius 3 is 2.68 bits per heavy atom. The highest BCUT2D eigenvalue weighted by Gasteiger charge is 2.29. The van der Waals surface area contributed by atoms with Crippen LogP contribution in [0, 0.1) is 5.92 Å². The van der Waals surface area contributed by atoms with Crippen LogP contribution in [0.3, 0.4) is 0 Å². The summed E-state index contributed by atoms with van der Waals surface area (Å²) in [7, 11) is 3.17. The van der Waals surface area contributed by atoms with Crippen LogP contribution in [0.1, 0.15) is 18.4 Å². The van der Waals surface area contributed by atoms with Crippen LogP contribution in [-0.2, 0) is 16.0 Å². The number of amides is 2. The van der Waals surface area contributed by atoms with Gasteiger partial charge in [0.05, 0.1) is 20.1 Å². The summed E-state index contributed by atoms with van der Waals surface area (Å²) >= 11 is 0. The normalized spacial score (nSPS) is 17.4. The van der Waals surface area contributed by atoms with Gasteiger partial charge in [0.15, 0.2) is 11.5 Å². The molecule has 2 N–H and O–H groups in total. The SMILES string of the molecule is COc1cccc(CCC(=O)N2CCC(C(N)=O)C2)c1OC. The van der Waals surface area contributed by atoms with Gasteiger partial charge in [-0.3, -0.25) is 9.59 Å². The number of para-hydroxylation sites is 1. The van der Waals surface area contributed by atoms with Gasteiger partial charge in [-0.15, -0.1) is 0 Å².